The lowest BCUT2D eigenvalue weighted by atomic mass is 9.93. The molecule has 1 atom stereocenters. The molecule has 0 saturated heterocycles. The molecule has 0 N–H and O–H groups in total. The van der Waals surface area contributed by atoms with Crippen molar-refractivity contribution < 1.29 is 19.0 Å². The van der Waals surface area contributed by atoms with Crippen LogP contribution in [0.5, 0.6) is 11.5 Å². The number of fused-ring (bicyclic) bond motifs is 3. The van der Waals surface area contributed by atoms with Gasteiger partial charge in [0, 0.05) is 39.8 Å². The van der Waals surface area contributed by atoms with Gasteiger partial charge in [0.15, 0.2) is 16.3 Å². The maximum absolute atomic E-state index is 14.5. The fourth-order valence-electron chi connectivity index (χ4n) is 6.31. The summed E-state index contributed by atoms with van der Waals surface area (Å²) in [6, 6.07) is 30.0. The number of benzene rings is 4. The van der Waals surface area contributed by atoms with E-state index < -0.39 is 12.0 Å². The van der Waals surface area contributed by atoms with E-state index in [1.165, 1.54) is 11.3 Å². The van der Waals surface area contributed by atoms with Crippen molar-refractivity contribution in [1.29, 1.82) is 0 Å². The molecule has 0 aliphatic carbocycles. The van der Waals surface area contributed by atoms with Crippen molar-refractivity contribution in [2.75, 3.05) is 13.4 Å². The quantitative estimate of drug-likeness (QED) is 0.185. The number of halogens is 1. The summed E-state index contributed by atoms with van der Waals surface area (Å²) >= 11 is 7.81. The van der Waals surface area contributed by atoms with Crippen molar-refractivity contribution in [3.05, 3.63) is 156 Å². The summed E-state index contributed by atoms with van der Waals surface area (Å²) in [7, 11) is 0. The summed E-state index contributed by atoms with van der Waals surface area (Å²) in [4.78, 5) is 33.8. The van der Waals surface area contributed by atoms with Gasteiger partial charge in [0.1, 0.15) is 0 Å². The lowest BCUT2D eigenvalue weighted by molar-refractivity contribution is -0.138. The highest BCUT2D eigenvalue weighted by molar-refractivity contribution is 7.07. The predicted molar refractivity (Wildman–Crippen MR) is 186 cm³/mol. The minimum Gasteiger partial charge on any atom is -0.463 e. The van der Waals surface area contributed by atoms with Crippen LogP contribution in [0.15, 0.2) is 119 Å². The average molecular weight is 674 g/mol. The topological polar surface area (TPSA) is 84.1 Å². The number of para-hydroxylation sites is 1. The fourth-order valence-corrected chi connectivity index (χ4v) is 7.50. The van der Waals surface area contributed by atoms with E-state index in [4.69, 9.17) is 30.8 Å². The average Bonchev–Trinajstić information content (AvgIpc) is 3.81. The van der Waals surface area contributed by atoms with Gasteiger partial charge in [-0.2, -0.15) is 0 Å². The second-order valence-corrected chi connectivity index (χ2v) is 12.8. The summed E-state index contributed by atoms with van der Waals surface area (Å²) < 4.78 is 21.1. The number of esters is 1. The van der Waals surface area contributed by atoms with E-state index in [-0.39, 0.29) is 24.5 Å². The van der Waals surface area contributed by atoms with Crippen LogP contribution in [0, 0.1) is 0 Å². The maximum atomic E-state index is 14.5. The Morgan fingerprint density at radius 3 is 2.60 bits per heavy atom. The van der Waals surface area contributed by atoms with Crippen LogP contribution in [0.2, 0.25) is 5.02 Å². The zero-order valence-corrected chi connectivity index (χ0v) is 27.3. The molecule has 0 bridgehead atoms. The van der Waals surface area contributed by atoms with Crippen molar-refractivity contribution >= 4 is 51.6 Å². The molecule has 8 rings (SSSR count). The Hall–Kier alpha value is -5.38. The standard InChI is InChI=1S/C38H28ClN3O5S/c1-2-45-37(44)33-34(23-10-4-3-5-11-23)40-38-42(35(33)24-16-17-30-31(18-24)47-22-46-30)36(43)32(48-38)19-26-21-41(29-15-9-7-13-27(26)29)20-25-12-6-8-14-28(25)39/h3-19,21,35H,2,20,22H2,1H3/b32-19+. The van der Waals surface area contributed by atoms with E-state index in [9.17, 15) is 9.59 Å². The van der Waals surface area contributed by atoms with Crippen LogP contribution < -0.4 is 24.4 Å². The summed E-state index contributed by atoms with van der Waals surface area (Å²) in [6.45, 7) is 2.60. The smallest absolute Gasteiger partial charge is 0.338 e. The molecule has 1 unspecified atom stereocenters. The summed E-state index contributed by atoms with van der Waals surface area (Å²) in [5.41, 5.74) is 4.79. The minimum absolute atomic E-state index is 0.0987. The van der Waals surface area contributed by atoms with Gasteiger partial charge >= 0.3 is 5.97 Å². The Morgan fingerprint density at radius 2 is 1.77 bits per heavy atom. The number of hydrogen-bond donors (Lipinski definition) is 0. The van der Waals surface area contributed by atoms with Crippen LogP contribution in [0.3, 0.4) is 0 Å². The van der Waals surface area contributed by atoms with Crippen LogP contribution in [0.25, 0.3) is 22.7 Å². The van der Waals surface area contributed by atoms with Crippen molar-refractivity contribution in [3.8, 4) is 11.5 Å². The summed E-state index contributed by atoms with van der Waals surface area (Å²) in [6.07, 6.45) is 3.95. The number of thiazole rings is 1. The second-order valence-electron chi connectivity index (χ2n) is 11.4. The molecule has 2 aliphatic rings. The van der Waals surface area contributed by atoms with E-state index in [1.807, 2.05) is 97.2 Å². The van der Waals surface area contributed by atoms with E-state index in [2.05, 4.69) is 10.6 Å². The molecule has 0 spiro atoms. The Bertz CT molecular complexity index is 2440. The molecule has 2 aliphatic heterocycles. The molecule has 238 valence electrons. The number of aromatic nitrogens is 2. The van der Waals surface area contributed by atoms with Gasteiger partial charge in [0.25, 0.3) is 5.56 Å². The predicted octanol–water partition coefficient (Wildman–Crippen LogP) is 6.32. The van der Waals surface area contributed by atoms with E-state index >= 15 is 0 Å². The number of ether oxygens (including phenoxy) is 3. The first-order valence-corrected chi connectivity index (χ1v) is 16.7. The largest absolute Gasteiger partial charge is 0.463 e. The summed E-state index contributed by atoms with van der Waals surface area (Å²) in [5.74, 6) is 0.603. The zero-order valence-electron chi connectivity index (χ0n) is 25.8. The Morgan fingerprint density at radius 1 is 1.00 bits per heavy atom. The number of nitrogens with zero attached hydrogens (tertiary/aromatic N) is 3. The molecule has 0 amide bonds. The Balaban J connectivity index is 1.35. The molecule has 10 heteroatoms. The van der Waals surface area contributed by atoms with Gasteiger partial charge in [-0.25, -0.2) is 9.79 Å². The van der Waals surface area contributed by atoms with Gasteiger partial charge in [-0.05, 0) is 48.4 Å². The first-order valence-electron chi connectivity index (χ1n) is 15.5. The molecule has 4 heterocycles. The van der Waals surface area contributed by atoms with Crippen molar-refractivity contribution in [1.82, 2.24) is 9.13 Å². The molecule has 0 radical (unpaired) electrons. The van der Waals surface area contributed by atoms with Gasteiger partial charge < -0.3 is 18.8 Å². The zero-order chi connectivity index (χ0) is 32.8. The second kappa shape index (κ2) is 12.3. The highest BCUT2D eigenvalue weighted by Gasteiger charge is 2.36. The lowest BCUT2D eigenvalue weighted by Crippen LogP contribution is -2.40. The lowest BCUT2D eigenvalue weighted by Gasteiger charge is -2.26. The molecule has 2 aromatic heterocycles. The fraction of sp³-hybridized carbons (Fsp3) is 0.132. The van der Waals surface area contributed by atoms with E-state index in [0.717, 1.165) is 27.6 Å². The number of carbonyl (C=O) groups excluding carboxylic acids is 1. The molecule has 6 aromatic rings. The maximum Gasteiger partial charge on any atom is 0.338 e. The number of carbonyl (C=O) groups is 1. The molecule has 48 heavy (non-hydrogen) atoms. The molecular formula is C38H28ClN3O5S. The molecular weight excluding hydrogens is 646 g/mol. The third-order valence-electron chi connectivity index (χ3n) is 8.49. The first kappa shape index (κ1) is 30.0. The van der Waals surface area contributed by atoms with Gasteiger partial charge in [0.05, 0.1) is 28.5 Å². The van der Waals surface area contributed by atoms with Crippen LogP contribution in [-0.2, 0) is 16.1 Å². The van der Waals surface area contributed by atoms with Crippen molar-refractivity contribution in [3.63, 3.8) is 0 Å². The van der Waals surface area contributed by atoms with E-state index in [0.29, 0.717) is 43.7 Å². The Labute approximate surface area is 284 Å². The summed E-state index contributed by atoms with van der Waals surface area (Å²) in [5, 5.41) is 1.69. The highest BCUT2D eigenvalue weighted by atomic mass is 35.5. The molecule has 0 fully saturated rings. The van der Waals surface area contributed by atoms with Crippen molar-refractivity contribution in [2.45, 2.75) is 19.5 Å². The van der Waals surface area contributed by atoms with E-state index in [1.54, 1.807) is 17.6 Å². The van der Waals surface area contributed by atoms with Crippen LogP contribution >= 0.6 is 22.9 Å². The van der Waals surface area contributed by atoms with Crippen molar-refractivity contribution in [2.24, 2.45) is 4.99 Å². The highest BCUT2D eigenvalue weighted by Crippen LogP contribution is 2.40. The van der Waals surface area contributed by atoms with Crippen LogP contribution in [0.1, 0.15) is 35.2 Å². The van der Waals surface area contributed by atoms with Crippen LogP contribution in [0.4, 0.5) is 0 Å². The first-order chi connectivity index (χ1) is 23.5. The van der Waals surface area contributed by atoms with Gasteiger partial charge in [-0.3, -0.25) is 9.36 Å². The van der Waals surface area contributed by atoms with Gasteiger partial charge in [-0.15, -0.1) is 0 Å². The third-order valence-corrected chi connectivity index (χ3v) is 9.84. The minimum atomic E-state index is -0.825. The molecule has 4 aromatic carbocycles. The van der Waals surface area contributed by atoms with Gasteiger partial charge in [0.2, 0.25) is 6.79 Å². The SMILES string of the molecule is CCOC(=O)C1=C(c2ccccc2)N=c2s/c(=C/c3cn(Cc4ccccc4Cl)c4ccccc34)c(=O)n2C1c1ccc2c(c1)OCO2. The third kappa shape index (κ3) is 5.21. The van der Waals surface area contributed by atoms with Gasteiger partial charge in [-0.1, -0.05) is 95.7 Å². The number of hydrogen-bond acceptors (Lipinski definition) is 7. The van der Waals surface area contributed by atoms with Crippen LogP contribution in [-0.4, -0.2) is 28.5 Å². The number of rotatable bonds is 7. The normalized spacial score (nSPS) is 15.5. The molecule has 8 nitrogen and oxygen atoms in total. The Kier molecular flexibility index (Phi) is 7.70. The monoisotopic (exact) mass is 673 g/mol. The molecule has 0 saturated carbocycles.